The maximum Gasteiger partial charge on any atom is 0.252 e. The lowest BCUT2D eigenvalue weighted by atomic mass is 10.1. The van der Waals surface area contributed by atoms with E-state index in [1.807, 2.05) is 68.8 Å². The Hall–Kier alpha value is -4.27. The number of aromatic nitrogens is 6. The quantitative estimate of drug-likeness (QED) is 0.407. The Labute approximate surface area is 196 Å². The average Bonchev–Trinajstić information content (AvgIpc) is 3.57. The van der Waals surface area contributed by atoms with Crippen LogP contribution in [0.1, 0.15) is 47.3 Å². The highest BCUT2D eigenvalue weighted by Gasteiger charge is 2.20. The molecule has 0 atom stereocenters. The third kappa shape index (κ3) is 3.96. The predicted molar refractivity (Wildman–Crippen MR) is 128 cm³/mol. The summed E-state index contributed by atoms with van der Waals surface area (Å²) < 4.78 is 9.23. The molecule has 0 fully saturated rings. The minimum absolute atomic E-state index is 0.104. The van der Waals surface area contributed by atoms with E-state index in [9.17, 15) is 4.79 Å². The zero-order chi connectivity index (χ0) is 23.8. The van der Waals surface area contributed by atoms with Crippen LogP contribution in [0.3, 0.4) is 0 Å². The van der Waals surface area contributed by atoms with Gasteiger partial charge in [0, 0.05) is 18.2 Å². The Bertz CT molecular complexity index is 1460. The zero-order valence-electron chi connectivity index (χ0n) is 19.5. The minimum Gasteiger partial charge on any atom is -0.466 e. The van der Waals surface area contributed by atoms with Gasteiger partial charge in [-0.3, -0.25) is 4.79 Å². The maximum absolute atomic E-state index is 13.3. The molecule has 0 unspecified atom stereocenters. The van der Waals surface area contributed by atoms with Crippen molar-refractivity contribution in [2.75, 3.05) is 0 Å². The average molecular weight is 456 g/mol. The molecule has 172 valence electrons. The summed E-state index contributed by atoms with van der Waals surface area (Å²) in [6, 6.07) is 11.7. The van der Waals surface area contributed by atoms with Crippen molar-refractivity contribution in [3.8, 4) is 16.9 Å². The lowest BCUT2D eigenvalue weighted by Crippen LogP contribution is -2.23. The molecule has 1 amide bonds. The highest BCUT2D eigenvalue weighted by atomic mass is 16.3. The van der Waals surface area contributed by atoms with E-state index in [0.717, 1.165) is 28.3 Å². The fraction of sp³-hybridized carbons (Fsp3) is 0.240. The summed E-state index contributed by atoms with van der Waals surface area (Å²) in [6.07, 6.45) is 4.84. The van der Waals surface area contributed by atoms with Gasteiger partial charge in [-0.25, -0.2) is 19.3 Å². The smallest absolute Gasteiger partial charge is 0.252 e. The van der Waals surface area contributed by atoms with E-state index >= 15 is 0 Å². The number of benzene rings is 1. The van der Waals surface area contributed by atoms with Crippen LogP contribution in [0.15, 0.2) is 59.7 Å². The number of carbonyl (C=O) groups excluding carboxylic acids is 1. The number of aryl methyl sites for hydroxylation is 2. The fourth-order valence-corrected chi connectivity index (χ4v) is 3.99. The van der Waals surface area contributed by atoms with Crippen LogP contribution in [0.25, 0.3) is 28.0 Å². The molecule has 0 aliphatic heterocycles. The van der Waals surface area contributed by atoms with Crippen molar-refractivity contribution in [2.24, 2.45) is 0 Å². The van der Waals surface area contributed by atoms with Crippen molar-refractivity contribution in [3.63, 3.8) is 0 Å². The van der Waals surface area contributed by atoms with E-state index in [0.29, 0.717) is 28.8 Å². The second kappa shape index (κ2) is 8.58. The molecule has 9 heteroatoms. The number of hydrogen-bond donors (Lipinski definition) is 1. The molecule has 9 nitrogen and oxygen atoms in total. The lowest BCUT2D eigenvalue weighted by Gasteiger charge is -2.11. The van der Waals surface area contributed by atoms with Crippen LogP contribution in [0, 0.1) is 13.8 Å². The Kier molecular flexibility index (Phi) is 5.45. The molecular weight excluding hydrogens is 430 g/mol. The SMILES string of the molecule is Cc1cc(-c2cc(C(=O)NCc3ccc(-n4cncn4)cc3)c3cnn(C(C)C)c3n2)c(C)o1. The van der Waals surface area contributed by atoms with Crippen LogP contribution in [0.2, 0.25) is 0 Å². The molecule has 1 aromatic carbocycles. The van der Waals surface area contributed by atoms with E-state index in [-0.39, 0.29) is 11.9 Å². The maximum atomic E-state index is 13.3. The molecule has 0 radical (unpaired) electrons. The van der Waals surface area contributed by atoms with E-state index in [4.69, 9.17) is 9.40 Å². The predicted octanol–water partition coefficient (Wildman–Crippen LogP) is 4.40. The van der Waals surface area contributed by atoms with E-state index < -0.39 is 0 Å². The lowest BCUT2D eigenvalue weighted by molar-refractivity contribution is 0.0952. The first-order valence-corrected chi connectivity index (χ1v) is 11.1. The Morgan fingerprint density at radius 3 is 2.56 bits per heavy atom. The van der Waals surface area contributed by atoms with Gasteiger partial charge in [-0.05, 0) is 57.5 Å². The van der Waals surface area contributed by atoms with Crippen molar-refractivity contribution in [2.45, 2.75) is 40.3 Å². The van der Waals surface area contributed by atoms with Crippen molar-refractivity contribution >= 4 is 16.9 Å². The van der Waals surface area contributed by atoms with Crippen molar-refractivity contribution in [3.05, 3.63) is 77.9 Å². The van der Waals surface area contributed by atoms with Crippen LogP contribution in [-0.4, -0.2) is 35.4 Å². The Balaban J connectivity index is 1.46. The number of nitrogens with zero attached hydrogens (tertiary/aromatic N) is 6. The number of hydrogen-bond acceptors (Lipinski definition) is 6. The number of carbonyl (C=O) groups is 1. The molecular formula is C25H25N7O2. The molecule has 0 saturated heterocycles. The Morgan fingerprint density at radius 1 is 1.12 bits per heavy atom. The molecule has 0 aliphatic carbocycles. The number of fused-ring (bicyclic) bond motifs is 1. The molecule has 0 saturated carbocycles. The van der Waals surface area contributed by atoms with Gasteiger partial charge in [-0.15, -0.1) is 0 Å². The largest absolute Gasteiger partial charge is 0.466 e. The summed E-state index contributed by atoms with van der Waals surface area (Å²) in [5.41, 5.74) is 4.64. The Morgan fingerprint density at radius 2 is 1.91 bits per heavy atom. The molecule has 4 aromatic heterocycles. The van der Waals surface area contributed by atoms with Gasteiger partial charge in [-0.1, -0.05) is 12.1 Å². The molecule has 1 N–H and O–H groups in total. The second-order valence-electron chi connectivity index (χ2n) is 8.49. The minimum atomic E-state index is -0.185. The molecule has 34 heavy (non-hydrogen) atoms. The molecule has 4 heterocycles. The van der Waals surface area contributed by atoms with Gasteiger partial charge in [-0.2, -0.15) is 10.2 Å². The second-order valence-corrected chi connectivity index (χ2v) is 8.49. The van der Waals surface area contributed by atoms with Gasteiger partial charge in [0.1, 0.15) is 24.2 Å². The van der Waals surface area contributed by atoms with Crippen molar-refractivity contribution in [1.29, 1.82) is 0 Å². The van der Waals surface area contributed by atoms with Crippen LogP contribution in [-0.2, 0) is 6.54 Å². The molecule has 0 aliphatic rings. The van der Waals surface area contributed by atoms with Gasteiger partial charge in [0.15, 0.2) is 5.65 Å². The summed E-state index contributed by atoms with van der Waals surface area (Å²) in [5.74, 6) is 1.38. The summed E-state index contributed by atoms with van der Waals surface area (Å²) in [7, 11) is 0. The molecule has 0 spiro atoms. The topological polar surface area (TPSA) is 104 Å². The van der Waals surface area contributed by atoms with E-state index in [1.54, 1.807) is 17.2 Å². The summed E-state index contributed by atoms with van der Waals surface area (Å²) in [6.45, 7) is 8.26. The first-order valence-electron chi connectivity index (χ1n) is 11.1. The van der Waals surface area contributed by atoms with E-state index in [2.05, 4.69) is 20.5 Å². The molecule has 5 aromatic rings. The number of rotatable bonds is 6. The molecule has 5 rings (SSSR count). The van der Waals surface area contributed by atoms with E-state index in [1.165, 1.54) is 6.33 Å². The summed E-state index contributed by atoms with van der Waals surface area (Å²) in [4.78, 5) is 22.1. The fourth-order valence-electron chi connectivity index (χ4n) is 3.99. The summed E-state index contributed by atoms with van der Waals surface area (Å²) in [5, 5.41) is 12.4. The van der Waals surface area contributed by atoms with Crippen LogP contribution < -0.4 is 5.32 Å². The zero-order valence-corrected chi connectivity index (χ0v) is 19.5. The molecule has 0 bridgehead atoms. The number of pyridine rings is 1. The third-order valence-corrected chi connectivity index (χ3v) is 5.69. The van der Waals surface area contributed by atoms with Crippen LogP contribution in [0.4, 0.5) is 0 Å². The van der Waals surface area contributed by atoms with Crippen molar-refractivity contribution < 1.29 is 9.21 Å². The highest BCUT2D eigenvalue weighted by Crippen LogP contribution is 2.30. The highest BCUT2D eigenvalue weighted by molar-refractivity contribution is 6.06. The normalized spacial score (nSPS) is 11.4. The first kappa shape index (κ1) is 21.6. The number of nitrogens with one attached hydrogen (secondary N) is 1. The van der Waals surface area contributed by atoms with Gasteiger partial charge in [0.2, 0.25) is 0 Å². The monoisotopic (exact) mass is 455 g/mol. The van der Waals surface area contributed by atoms with Crippen molar-refractivity contribution in [1.82, 2.24) is 34.8 Å². The van der Waals surface area contributed by atoms with Crippen LogP contribution in [0.5, 0.6) is 0 Å². The first-order chi connectivity index (χ1) is 16.4. The van der Waals surface area contributed by atoms with Gasteiger partial charge in [0.05, 0.1) is 28.5 Å². The van der Waals surface area contributed by atoms with Gasteiger partial charge < -0.3 is 9.73 Å². The van der Waals surface area contributed by atoms with Gasteiger partial charge >= 0.3 is 0 Å². The number of amides is 1. The number of furan rings is 1. The third-order valence-electron chi connectivity index (χ3n) is 5.69. The van der Waals surface area contributed by atoms with Gasteiger partial charge in [0.25, 0.3) is 5.91 Å². The summed E-state index contributed by atoms with van der Waals surface area (Å²) >= 11 is 0. The van der Waals surface area contributed by atoms with Crippen LogP contribution >= 0.6 is 0 Å². The standard InChI is InChI=1S/C25H25N7O2/c1-15(2)32-24-22(12-28-32)21(10-23(30-24)20-9-16(3)34-17(20)4)25(33)27-11-18-5-7-19(8-6-18)31-14-26-13-29-31/h5-10,12-15H,11H2,1-4H3,(H,27,33).